The average Bonchev–Trinajstić information content (AvgIpc) is 2.74. The molecule has 0 amide bonds. The van der Waals surface area contributed by atoms with Crippen LogP contribution in [0.1, 0.15) is 56.5 Å². The van der Waals surface area contributed by atoms with Gasteiger partial charge in [0.1, 0.15) is 18.5 Å². The average molecular weight is 388 g/mol. The summed E-state index contributed by atoms with van der Waals surface area (Å²) in [4.78, 5) is 12.5. The Morgan fingerprint density at radius 3 is 2.21 bits per heavy atom. The lowest BCUT2D eigenvalue weighted by Crippen LogP contribution is -2.29. The number of carbonyl (C=O) groups is 1. The quantitative estimate of drug-likeness (QED) is 0.601. The molecule has 0 heterocycles. The molecule has 4 nitrogen and oxygen atoms in total. The van der Waals surface area contributed by atoms with Crippen molar-refractivity contribution < 1.29 is 14.6 Å². The van der Waals surface area contributed by atoms with E-state index in [2.05, 4.69) is 19.2 Å². The number of hydrogen-bond donors (Lipinski definition) is 2. The van der Waals surface area contributed by atoms with Crippen LogP contribution in [0.2, 0.25) is 0 Å². The maximum atomic E-state index is 12.5. The van der Waals surface area contributed by atoms with Crippen LogP contribution in [-0.4, -0.2) is 37.2 Å². The fraction of sp³-hybridized carbons (Fsp3) is 0.458. The number of benzene rings is 2. The van der Waals surface area contributed by atoms with Crippen molar-refractivity contribution in [3.05, 3.63) is 65.7 Å². The van der Waals surface area contributed by atoms with E-state index in [1.807, 2.05) is 56.3 Å². The molecular formula is C24H37NO3. The van der Waals surface area contributed by atoms with Crippen LogP contribution in [0.15, 0.2) is 54.6 Å². The van der Waals surface area contributed by atoms with Crippen molar-refractivity contribution in [2.75, 3.05) is 20.2 Å². The van der Waals surface area contributed by atoms with Crippen molar-refractivity contribution in [1.82, 2.24) is 5.32 Å². The van der Waals surface area contributed by atoms with Crippen LogP contribution in [0.5, 0.6) is 5.75 Å². The van der Waals surface area contributed by atoms with Crippen LogP contribution in [-0.2, 0) is 6.42 Å². The molecule has 0 saturated heterocycles. The van der Waals surface area contributed by atoms with E-state index in [4.69, 9.17) is 4.74 Å². The van der Waals surface area contributed by atoms with Crippen LogP contribution in [0.4, 0.5) is 0 Å². The number of carbonyl (C=O) groups excluding carboxylic acids is 1. The molecule has 156 valence electrons. The zero-order chi connectivity index (χ0) is 21.2. The number of aliphatic hydroxyl groups excluding tert-OH is 1. The summed E-state index contributed by atoms with van der Waals surface area (Å²) in [6.45, 7) is 8.86. The molecular weight excluding hydrogens is 350 g/mol. The first kappa shape index (κ1) is 25.8. The van der Waals surface area contributed by atoms with Crippen LogP contribution in [0.3, 0.4) is 0 Å². The second-order valence-electron chi connectivity index (χ2n) is 6.13. The van der Waals surface area contributed by atoms with Crippen molar-refractivity contribution in [2.24, 2.45) is 0 Å². The Bertz CT molecular complexity index is 629. The van der Waals surface area contributed by atoms with Gasteiger partial charge in [0.15, 0.2) is 5.78 Å². The van der Waals surface area contributed by atoms with Gasteiger partial charge in [0.05, 0.1) is 5.56 Å². The van der Waals surface area contributed by atoms with E-state index >= 15 is 0 Å². The van der Waals surface area contributed by atoms with Gasteiger partial charge in [-0.15, -0.1) is 0 Å². The Kier molecular flexibility index (Phi) is 15.6. The molecule has 0 spiro atoms. The van der Waals surface area contributed by atoms with Crippen LogP contribution in [0, 0.1) is 0 Å². The molecule has 1 unspecified atom stereocenters. The summed E-state index contributed by atoms with van der Waals surface area (Å²) in [7, 11) is 1.77. The number of ketones is 1. The maximum Gasteiger partial charge on any atom is 0.166 e. The molecule has 2 N–H and O–H groups in total. The molecule has 2 rings (SSSR count). The van der Waals surface area contributed by atoms with Gasteiger partial charge in [-0.25, -0.2) is 0 Å². The Morgan fingerprint density at radius 2 is 1.61 bits per heavy atom. The molecule has 0 aliphatic rings. The number of Topliss-reactive ketones (excluding diaryl/α,β-unsaturated/α-hetero) is 1. The summed E-state index contributed by atoms with van der Waals surface area (Å²) >= 11 is 0. The zero-order valence-corrected chi connectivity index (χ0v) is 18.1. The van der Waals surface area contributed by atoms with Crippen molar-refractivity contribution in [2.45, 2.75) is 53.1 Å². The highest BCUT2D eigenvalue weighted by molar-refractivity contribution is 5.98. The second-order valence-corrected chi connectivity index (χ2v) is 6.13. The van der Waals surface area contributed by atoms with E-state index in [0.29, 0.717) is 30.7 Å². The van der Waals surface area contributed by atoms with Crippen LogP contribution >= 0.6 is 0 Å². The molecule has 0 aliphatic carbocycles. The fourth-order valence-corrected chi connectivity index (χ4v) is 2.34. The second kappa shape index (κ2) is 17.0. The Morgan fingerprint density at radius 1 is 1.04 bits per heavy atom. The molecule has 0 saturated carbocycles. The van der Waals surface area contributed by atoms with Crippen LogP contribution in [0.25, 0.3) is 0 Å². The lowest BCUT2D eigenvalue weighted by Gasteiger charge is -2.14. The number of nitrogens with one attached hydrogen (secondary N) is 1. The van der Waals surface area contributed by atoms with Gasteiger partial charge in [-0.1, -0.05) is 76.6 Å². The largest absolute Gasteiger partial charge is 0.490 e. The van der Waals surface area contributed by atoms with Gasteiger partial charge in [0.25, 0.3) is 0 Å². The van der Waals surface area contributed by atoms with Crippen molar-refractivity contribution in [3.8, 4) is 5.75 Å². The smallest absolute Gasteiger partial charge is 0.166 e. The van der Waals surface area contributed by atoms with Gasteiger partial charge in [-0.2, -0.15) is 0 Å². The van der Waals surface area contributed by atoms with E-state index in [9.17, 15) is 9.90 Å². The molecule has 1 atom stereocenters. The first-order valence-electron chi connectivity index (χ1n) is 10.2. The van der Waals surface area contributed by atoms with Gasteiger partial charge in [0.2, 0.25) is 0 Å². The summed E-state index contributed by atoms with van der Waals surface area (Å²) in [5.41, 5.74) is 1.71. The third-order valence-corrected chi connectivity index (χ3v) is 3.54. The van der Waals surface area contributed by atoms with Crippen molar-refractivity contribution >= 4 is 5.78 Å². The number of aryl methyl sites for hydroxylation is 1. The maximum absolute atomic E-state index is 12.5. The normalized spacial score (nSPS) is 10.6. The topological polar surface area (TPSA) is 58.6 Å². The van der Waals surface area contributed by atoms with E-state index < -0.39 is 6.10 Å². The first-order valence-corrected chi connectivity index (χ1v) is 10.2. The summed E-state index contributed by atoms with van der Waals surface area (Å²) in [5, 5.41) is 12.6. The predicted octanol–water partition coefficient (Wildman–Crippen LogP) is 4.90. The minimum atomic E-state index is -0.604. The minimum Gasteiger partial charge on any atom is -0.490 e. The first-order chi connectivity index (χ1) is 13.6. The van der Waals surface area contributed by atoms with Crippen molar-refractivity contribution in [1.29, 1.82) is 0 Å². The molecule has 2 aromatic carbocycles. The highest BCUT2D eigenvalue weighted by atomic mass is 16.5. The standard InChI is InChI=1S/C19H23NO3.C3H8.C2H6/c1-20-13-16(21)14-23-19-10-6-5-9-17(19)18(22)12-11-15-7-3-2-4-8-15;1-3-2;1-2/h2-10,16,20-21H,11-14H2,1H3;3H2,1-2H3;1-2H3. The third-order valence-electron chi connectivity index (χ3n) is 3.54. The van der Waals surface area contributed by atoms with Gasteiger partial charge < -0.3 is 15.2 Å². The Hall–Kier alpha value is -2.17. The van der Waals surface area contributed by atoms with E-state index in [0.717, 1.165) is 5.56 Å². The monoisotopic (exact) mass is 387 g/mol. The molecule has 0 aromatic heterocycles. The zero-order valence-electron chi connectivity index (χ0n) is 18.1. The highest BCUT2D eigenvalue weighted by Gasteiger charge is 2.13. The van der Waals surface area contributed by atoms with Crippen molar-refractivity contribution in [3.63, 3.8) is 0 Å². The SMILES string of the molecule is CC.CCC.CNCC(O)COc1ccccc1C(=O)CCc1ccccc1. The Labute approximate surface area is 170 Å². The molecule has 0 bridgehead atoms. The fourth-order valence-electron chi connectivity index (χ4n) is 2.34. The molecule has 28 heavy (non-hydrogen) atoms. The van der Waals surface area contributed by atoms with E-state index in [1.54, 1.807) is 19.2 Å². The molecule has 0 radical (unpaired) electrons. The number of para-hydroxylation sites is 1. The van der Waals surface area contributed by atoms with Crippen LogP contribution < -0.4 is 10.1 Å². The summed E-state index contributed by atoms with van der Waals surface area (Å²) in [6, 6.07) is 17.1. The number of aliphatic hydroxyl groups is 1. The number of likely N-dealkylation sites (N-methyl/N-ethyl adjacent to an activating group) is 1. The van der Waals surface area contributed by atoms with E-state index in [-0.39, 0.29) is 12.4 Å². The molecule has 0 fully saturated rings. The number of hydrogen-bond acceptors (Lipinski definition) is 4. The summed E-state index contributed by atoms with van der Waals surface area (Å²) in [6.07, 6.45) is 1.78. The lowest BCUT2D eigenvalue weighted by molar-refractivity contribution is 0.0953. The van der Waals surface area contributed by atoms with Gasteiger partial charge in [-0.05, 0) is 31.2 Å². The van der Waals surface area contributed by atoms with Gasteiger partial charge in [-0.3, -0.25) is 4.79 Å². The third kappa shape index (κ3) is 10.9. The lowest BCUT2D eigenvalue weighted by atomic mass is 10.0. The number of ether oxygens (including phenoxy) is 1. The van der Waals surface area contributed by atoms with Gasteiger partial charge in [0, 0.05) is 13.0 Å². The predicted molar refractivity (Wildman–Crippen MR) is 118 cm³/mol. The summed E-state index contributed by atoms with van der Waals surface area (Å²) in [5.74, 6) is 0.577. The molecule has 4 heteroatoms. The highest BCUT2D eigenvalue weighted by Crippen LogP contribution is 2.20. The van der Waals surface area contributed by atoms with E-state index in [1.165, 1.54) is 6.42 Å². The minimum absolute atomic E-state index is 0.0487. The summed E-state index contributed by atoms with van der Waals surface area (Å²) < 4.78 is 5.61. The number of rotatable bonds is 9. The molecule has 2 aromatic rings. The molecule has 0 aliphatic heterocycles. The van der Waals surface area contributed by atoms with Gasteiger partial charge >= 0.3 is 0 Å². The Balaban J connectivity index is 0.00000133.